The van der Waals surface area contributed by atoms with Crippen molar-refractivity contribution in [2.45, 2.75) is 75.5 Å². The van der Waals surface area contributed by atoms with Gasteiger partial charge in [0.2, 0.25) is 0 Å². The van der Waals surface area contributed by atoms with Crippen molar-refractivity contribution in [1.29, 1.82) is 0 Å². The van der Waals surface area contributed by atoms with Gasteiger partial charge in [-0.15, -0.1) is 0 Å². The Morgan fingerprint density at radius 1 is 0.625 bits per heavy atom. The first-order valence-electron chi connectivity index (χ1n) is 12.8. The van der Waals surface area contributed by atoms with Gasteiger partial charge in [0.05, 0.1) is 88.7 Å². The summed E-state index contributed by atoms with van der Waals surface area (Å²) in [4.78, 5) is 21.4. The second-order valence-electron chi connectivity index (χ2n) is 9.48. The van der Waals surface area contributed by atoms with Gasteiger partial charge < -0.3 is 68.6 Å². The first kappa shape index (κ1) is 40.5. The molecule has 222 valence electrons. The van der Waals surface area contributed by atoms with Gasteiger partial charge in [0.25, 0.3) is 0 Å². The number of carbonyl (C=O) groups excluding carboxylic acids is 2. The van der Waals surface area contributed by atoms with E-state index in [2.05, 4.69) is 0 Å². The molecule has 4 unspecified atom stereocenters. The Bertz CT molecular complexity index is 719. The number of hydrogen-bond acceptors (Lipinski definition) is 14. The van der Waals surface area contributed by atoms with Crippen molar-refractivity contribution in [1.82, 2.24) is 0 Å². The summed E-state index contributed by atoms with van der Waals surface area (Å²) in [6.45, 7) is 1.88. The van der Waals surface area contributed by atoms with Crippen LogP contribution in [-0.2, 0) is 38.0 Å². The van der Waals surface area contributed by atoms with E-state index in [1.165, 1.54) is 0 Å². The summed E-state index contributed by atoms with van der Waals surface area (Å²) in [5, 5.41) is 64.0. The van der Waals surface area contributed by atoms with Gasteiger partial charge in [-0.05, 0) is 13.3 Å². The van der Waals surface area contributed by atoms with Crippen molar-refractivity contribution < 1.29 is 128 Å². The molecule has 40 heavy (non-hydrogen) atoms. The summed E-state index contributed by atoms with van der Waals surface area (Å²) in [6, 6.07) is 0. The van der Waals surface area contributed by atoms with Crippen LogP contribution in [0.15, 0.2) is 0 Å². The molecule has 0 amide bonds. The fourth-order valence-corrected chi connectivity index (χ4v) is 4.69. The van der Waals surface area contributed by atoms with E-state index in [4.69, 9.17) is 28.4 Å². The summed E-state index contributed by atoms with van der Waals surface area (Å²) >= 11 is 0. The van der Waals surface area contributed by atoms with Crippen LogP contribution in [-0.4, -0.2) is 134 Å². The molecule has 2 rings (SSSR count). The normalized spacial score (nSPS) is 34.0. The Kier molecular flexibility index (Phi) is 21.6. The van der Waals surface area contributed by atoms with Gasteiger partial charge in [-0.3, -0.25) is 0 Å². The average Bonchev–Trinajstić information content (AvgIpc) is 2.86. The summed E-state index contributed by atoms with van der Waals surface area (Å²) < 4.78 is 33.0. The largest absolute Gasteiger partial charge is 1.00 e. The average molecular weight is 599 g/mol. The molecule has 2 saturated heterocycles. The number of carbonyl (C=O) groups is 2. The molecule has 4 N–H and O–H groups in total. The fourth-order valence-electron chi connectivity index (χ4n) is 4.69. The van der Waals surface area contributed by atoms with Crippen molar-refractivity contribution in [2.24, 2.45) is 11.8 Å². The van der Waals surface area contributed by atoms with Crippen molar-refractivity contribution in [3.05, 3.63) is 0 Å². The predicted molar refractivity (Wildman–Crippen MR) is 122 cm³/mol. The molecule has 2 heterocycles. The van der Waals surface area contributed by atoms with Gasteiger partial charge in [0.1, 0.15) is 18.3 Å². The Morgan fingerprint density at radius 3 is 1.50 bits per heavy atom. The van der Waals surface area contributed by atoms with E-state index in [-0.39, 0.29) is 92.1 Å². The Balaban J connectivity index is 0.00000760. The molecule has 16 heteroatoms. The van der Waals surface area contributed by atoms with Crippen molar-refractivity contribution in [3.63, 3.8) is 0 Å². The quantitative estimate of drug-likeness (QED) is 0.114. The van der Waals surface area contributed by atoms with Crippen LogP contribution in [0.25, 0.3) is 0 Å². The maximum Gasteiger partial charge on any atom is 1.00 e. The minimum Gasteiger partial charge on any atom is -0.548 e. The van der Waals surface area contributed by atoms with Crippen LogP contribution in [0, 0.1) is 11.8 Å². The second-order valence-corrected chi connectivity index (χ2v) is 9.48. The van der Waals surface area contributed by atoms with Crippen molar-refractivity contribution in [2.75, 3.05) is 52.9 Å². The monoisotopic (exact) mass is 598 g/mol. The zero-order chi connectivity index (χ0) is 28.2. The molecule has 0 aliphatic carbocycles. The molecule has 0 aromatic carbocycles. The second kappa shape index (κ2) is 21.3. The SMILES string of the molecule is CCC[C@@H]1O[C@@H](COCC(=O)[O-])[C@@H](COC[C@@H]2OC(COCC(=O)[O-])[C@@H](COCC)[C@@H](O)C2O)C(O)C1O.[Na+].[Na+]. The third kappa shape index (κ3) is 12.6. The zero-order valence-corrected chi connectivity index (χ0v) is 27.7. The molecule has 0 aromatic heterocycles. The number of aliphatic carboxylic acids is 2. The van der Waals surface area contributed by atoms with Gasteiger partial charge in [0, 0.05) is 18.4 Å². The minimum absolute atomic E-state index is 0. The Labute approximate surface area is 278 Å². The van der Waals surface area contributed by atoms with Gasteiger partial charge in [-0.2, -0.15) is 0 Å². The maximum absolute atomic E-state index is 10.7. The number of aliphatic hydroxyl groups is 4. The van der Waals surface area contributed by atoms with Crippen LogP contribution >= 0.6 is 0 Å². The number of rotatable bonds is 17. The molecular formula is C24H40Na2O14. The first-order chi connectivity index (χ1) is 18.1. The minimum atomic E-state index is -1.42. The van der Waals surface area contributed by atoms with Crippen molar-refractivity contribution in [3.8, 4) is 0 Å². The maximum atomic E-state index is 10.7. The summed E-state index contributed by atoms with van der Waals surface area (Å²) in [6.07, 6.45) is -7.31. The van der Waals surface area contributed by atoms with Gasteiger partial charge in [-0.1, -0.05) is 13.3 Å². The fraction of sp³-hybridized carbons (Fsp3) is 0.917. The van der Waals surface area contributed by atoms with Crippen LogP contribution in [0.5, 0.6) is 0 Å². The molecule has 2 aliphatic rings. The number of carboxylic acids is 2. The number of ether oxygens (including phenoxy) is 6. The van der Waals surface area contributed by atoms with E-state index in [0.29, 0.717) is 19.4 Å². The molecule has 10 atom stereocenters. The molecule has 2 fully saturated rings. The van der Waals surface area contributed by atoms with E-state index in [1.807, 2.05) is 6.92 Å². The molecule has 0 bridgehead atoms. The first-order valence-corrected chi connectivity index (χ1v) is 12.8. The van der Waals surface area contributed by atoms with Gasteiger partial charge >= 0.3 is 59.1 Å². The molecule has 2 aliphatic heterocycles. The smallest absolute Gasteiger partial charge is 0.548 e. The van der Waals surface area contributed by atoms with Crippen molar-refractivity contribution >= 4 is 11.9 Å². The van der Waals surface area contributed by atoms with Crippen LogP contribution < -0.4 is 69.3 Å². The molecule has 14 nitrogen and oxygen atoms in total. The predicted octanol–water partition coefficient (Wildman–Crippen LogP) is -10.4. The van der Waals surface area contributed by atoms with Gasteiger partial charge in [-0.25, -0.2) is 0 Å². The topological polar surface area (TPSA) is 217 Å². The molecule has 0 radical (unpaired) electrons. The van der Waals surface area contributed by atoms with E-state index in [9.17, 15) is 40.2 Å². The summed E-state index contributed by atoms with van der Waals surface area (Å²) in [5.74, 6) is -4.34. The summed E-state index contributed by atoms with van der Waals surface area (Å²) in [7, 11) is 0. The molecule has 0 saturated carbocycles. The Hall–Kier alpha value is 0.540. The van der Waals surface area contributed by atoms with E-state index in [0.717, 1.165) is 0 Å². The third-order valence-corrected chi connectivity index (χ3v) is 6.68. The number of carboxylic acid groups (broad SMARTS) is 2. The van der Waals surface area contributed by atoms with Gasteiger partial charge in [0.15, 0.2) is 0 Å². The summed E-state index contributed by atoms with van der Waals surface area (Å²) in [5.41, 5.74) is 0. The zero-order valence-electron chi connectivity index (χ0n) is 23.7. The molecule has 0 aromatic rings. The van der Waals surface area contributed by atoms with Crippen LogP contribution in [0.2, 0.25) is 0 Å². The standard InChI is InChI=1S/C24H42O14.2Na/c1-3-5-15-23(31)21(29)14(16(37-15)8-35-11-19(25)26)7-34-10-18-24(32)22(30)13(6-33-4-2)17(38-18)9-36-12-20(27)28;;/h13-18,21-24,29-32H,3-12H2,1-2H3,(H,25,26)(H,27,28);;/q;2*+1/p-2/t13-,14-,15+,16+,17?,18+,21?,22-,23?,24?;;/m1../s1. The van der Waals surface area contributed by atoms with E-state index in [1.54, 1.807) is 6.92 Å². The number of hydrogen-bond donors (Lipinski definition) is 4. The van der Waals surface area contributed by atoms with E-state index >= 15 is 0 Å². The van der Waals surface area contributed by atoms with Crippen LogP contribution in [0.1, 0.15) is 26.7 Å². The molecule has 0 spiro atoms. The molecular weight excluding hydrogens is 558 g/mol. The van der Waals surface area contributed by atoms with Crippen LogP contribution in [0.4, 0.5) is 0 Å². The van der Waals surface area contributed by atoms with Crippen LogP contribution in [0.3, 0.4) is 0 Å². The third-order valence-electron chi connectivity index (χ3n) is 6.68. The Morgan fingerprint density at radius 2 is 1.05 bits per heavy atom. The van der Waals surface area contributed by atoms with E-state index < -0.39 is 85.8 Å². The number of aliphatic hydroxyl groups excluding tert-OH is 4.